The standard InChI is InChI=1S/C26H50O4/c1-5-7-9-10-11-12-13-14-15-16-17-18-19-24(28-20-8-6-2)21-27-22-25-23-29-26(3,4)30-25/h6,8,24-25H,5,7,9-23H2,1-4H3. The smallest absolute Gasteiger partial charge is 0.163 e. The molecule has 1 heterocycles. The van der Waals surface area contributed by atoms with Gasteiger partial charge in [-0.3, -0.25) is 0 Å². The minimum atomic E-state index is -0.481. The molecule has 0 N–H and O–H groups in total. The van der Waals surface area contributed by atoms with Crippen LogP contribution in [0, 0.1) is 0 Å². The first kappa shape index (κ1) is 27.6. The van der Waals surface area contributed by atoms with E-state index in [1.54, 1.807) is 0 Å². The Bertz CT molecular complexity index is 408. The highest BCUT2D eigenvalue weighted by molar-refractivity contribution is 4.77. The molecule has 1 saturated heterocycles. The van der Waals surface area contributed by atoms with Crippen LogP contribution in [-0.4, -0.2) is 44.4 Å². The third-order valence-corrected chi connectivity index (χ3v) is 5.72. The summed E-state index contributed by atoms with van der Waals surface area (Å²) in [4.78, 5) is 0. The van der Waals surface area contributed by atoms with Gasteiger partial charge in [0.2, 0.25) is 0 Å². The van der Waals surface area contributed by atoms with Gasteiger partial charge in [0, 0.05) is 0 Å². The van der Waals surface area contributed by atoms with Gasteiger partial charge in [0.1, 0.15) is 6.10 Å². The van der Waals surface area contributed by atoms with Crippen LogP contribution in [0.5, 0.6) is 0 Å². The van der Waals surface area contributed by atoms with Crippen molar-refractivity contribution < 1.29 is 18.9 Å². The first-order chi connectivity index (χ1) is 14.6. The molecule has 4 nitrogen and oxygen atoms in total. The normalized spacial score (nSPS) is 19.7. The maximum absolute atomic E-state index is 6.00. The van der Waals surface area contributed by atoms with Crippen molar-refractivity contribution in [3.8, 4) is 0 Å². The molecular formula is C26H50O4. The summed E-state index contributed by atoms with van der Waals surface area (Å²) >= 11 is 0. The van der Waals surface area contributed by atoms with E-state index in [1.165, 1.54) is 77.0 Å². The van der Waals surface area contributed by atoms with Crippen LogP contribution >= 0.6 is 0 Å². The van der Waals surface area contributed by atoms with Crippen LogP contribution in [0.1, 0.15) is 111 Å². The van der Waals surface area contributed by atoms with E-state index < -0.39 is 5.79 Å². The largest absolute Gasteiger partial charge is 0.376 e. The lowest BCUT2D eigenvalue weighted by atomic mass is 10.0. The lowest BCUT2D eigenvalue weighted by Gasteiger charge is -2.20. The topological polar surface area (TPSA) is 36.9 Å². The van der Waals surface area contributed by atoms with Crippen molar-refractivity contribution in [1.82, 2.24) is 0 Å². The molecule has 1 rings (SSSR count). The van der Waals surface area contributed by atoms with Gasteiger partial charge in [-0.1, -0.05) is 96.1 Å². The lowest BCUT2D eigenvalue weighted by molar-refractivity contribution is -0.146. The zero-order chi connectivity index (χ0) is 21.9. The fourth-order valence-corrected chi connectivity index (χ4v) is 3.89. The van der Waals surface area contributed by atoms with Gasteiger partial charge in [-0.15, -0.1) is 0 Å². The van der Waals surface area contributed by atoms with Gasteiger partial charge in [0.15, 0.2) is 5.79 Å². The van der Waals surface area contributed by atoms with Gasteiger partial charge in [-0.05, 0) is 27.2 Å². The summed E-state index contributed by atoms with van der Waals surface area (Å²) in [6, 6.07) is 0. The maximum atomic E-state index is 6.00. The zero-order valence-corrected chi connectivity index (χ0v) is 20.5. The number of ether oxygens (including phenoxy) is 4. The summed E-state index contributed by atoms with van der Waals surface area (Å²) in [6.45, 7) is 10.7. The monoisotopic (exact) mass is 426 g/mol. The fourth-order valence-electron chi connectivity index (χ4n) is 3.89. The van der Waals surface area contributed by atoms with Crippen molar-refractivity contribution in [1.29, 1.82) is 0 Å². The number of hydrogen-bond acceptors (Lipinski definition) is 4. The Morgan fingerprint density at radius 1 is 0.933 bits per heavy atom. The van der Waals surface area contributed by atoms with Crippen LogP contribution in [0.2, 0.25) is 0 Å². The molecule has 0 spiro atoms. The van der Waals surface area contributed by atoms with Crippen molar-refractivity contribution in [2.45, 2.75) is 129 Å². The SMILES string of the molecule is CC=CCOC(CCCCCCCCCCCCCC)COCC1COC(C)(C)O1. The third-order valence-electron chi connectivity index (χ3n) is 5.72. The summed E-state index contributed by atoms with van der Waals surface area (Å²) in [5, 5.41) is 0. The van der Waals surface area contributed by atoms with E-state index in [1.807, 2.05) is 26.8 Å². The predicted molar refractivity (Wildman–Crippen MR) is 126 cm³/mol. The highest BCUT2D eigenvalue weighted by Crippen LogP contribution is 2.22. The molecule has 1 fully saturated rings. The van der Waals surface area contributed by atoms with Crippen molar-refractivity contribution in [2.75, 3.05) is 26.4 Å². The van der Waals surface area contributed by atoms with Gasteiger partial charge in [-0.25, -0.2) is 0 Å². The second-order valence-electron chi connectivity index (χ2n) is 9.19. The van der Waals surface area contributed by atoms with E-state index in [-0.39, 0.29) is 12.2 Å². The Labute approximate surface area is 187 Å². The van der Waals surface area contributed by atoms with Crippen LogP contribution in [0.25, 0.3) is 0 Å². The molecule has 0 bridgehead atoms. The van der Waals surface area contributed by atoms with Crippen LogP contribution in [-0.2, 0) is 18.9 Å². The molecule has 0 aliphatic carbocycles. The zero-order valence-electron chi connectivity index (χ0n) is 20.5. The molecular weight excluding hydrogens is 376 g/mol. The summed E-state index contributed by atoms with van der Waals surface area (Å²) in [5.74, 6) is -0.481. The van der Waals surface area contributed by atoms with E-state index in [4.69, 9.17) is 18.9 Å². The van der Waals surface area contributed by atoms with Gasteiger partial charge < -0.3 is 18.9 Å². The van der Waals surface area contributed by atoms with E-state index >= 15 is 0 Å². The van der Waals surface area contributed by atoms with Crippen molar-refractivity contribution in [2.24, 2.45) is 0 Å². The average molecular weight is 427 g/mol. The summed E-state index contributed by atoms with van der Waals surface area (Å²) < 4.78 is 23.3. The summed E-state index contributed by atoms with van der Waals surface area (Å²) in [5.41, 5.74) is 0. The highest BCUT2D eigenvalue weighted by Gasteiger charge is 2.32. The van der Waals surface area contributed by atoms with Crippen molar-refractivity contribution in [3.63, 3.8) is 0 Å². The molecule has 1 aliphatic heterocycles. The first-order valence-corrected chi connectivity index (χ1v) is 12.7. The number of hydrogen-bond donors (Lipinski definition) is 0. The van der Waals surface area contributed by atoms with Gasteiger partial charge in [0.05, 0.1) is 32.5 Å². The van der Waals surface area contributed by atoms with Crippen LogP contribution in [0.4, 0.5) is 0 Å². The molecule has 0 aromatic carbocycles. The van der Waals surface area contributed by atoms with Gasteiger partial charge in [-0.2, -0.15) is 0 Å². The first-order valence-electron chi connectivity index (χ1n) is 12.7. The van der Waals surface area contributed by atoms with Crippen molar-refractivity contribution >= 4 is 0 Å². The molecule has 30 heavy (non-hydrogen) atoms. The fraction of sp³-hybridized carbons (Fsp3) is 0.923. The number of unbranched alkanes of at least 4 members (excludes halogenated alkanes) is 11. The number of rotatable bonds is 20. The lowest BCUT2D eigenvalue weighted by Crippen LogP contribution is -2.27. The van der Waals surface area contributed by atoms with Crippen LogP contribution < -0.4 is 0 Å². The Hall–Kier alpha value is -0.420. The van der Waals surface area contributed by atoms with E-state index in [2.05, 4.69) is 13.0 Å². The van der Waals surface area contributed by atoms with Crippen molar-refractivity contribution in [3.05, 3.63) is 12.2 Å². The molecule has 0 amide bonds. The Kier molecular flexibility index (Phi) is 16.7. The molecule has 1 aliphatic rings. The Balaban J connectivity index is 2.04. The molecule has 2 atom stereocenters. The highest BCUT2D eigenvalue weighted by atomic mass is 16.7. The molecule has 0 saturated carbocycles. The maximum Gasteiger partial charge on any atom is 0.163 e. The van der Waals surface area contributed by atoms with Crippen LogP contribution in [0.3, 0.4) is 0 Å². The predicted octanol–water partition coefficient (Wildman–Crippen LogP) is 7.21. The van der Waals surface area contributed by atoms with Crippen LogP contribution in [0.15, 0.2) is 12.2 Å². The van der Waals surface area contributed by atoms with Gasteiger partial charge in [0.25, 0.3) is 0 Å². The minimum Gasteiger partial charge on any atom is -0.376 e. The molecule has 0 aromatic rings. The molecule has 4 heteroatoms. The van der Waals surface area contributed by atoms with Gasteiger partial charge >= 0.3 is 0 Å². The Morgan fingerprint density at radius 2 is 1.53 bits per heavy atom. The van der Waals surface area contributed by atoms with E-state index in [9.17, 15) is 0 Å². The Morgan fingerprint density at radius 3 is 2.07 bits per heavy atom. The average Bonchev–Trinajstić information content (AvgIpc) is 3.07. The third kappa shape index (κ3) is 15.4. The number of allylic oxidation sites excluding steroid dienone is 1. The quantitative estimate of drug-likeness (QED) is 0.152. The van der Waals surface area contributed by atoms with E-state index in [0.717, 1.165) is 6.42 Å². The van der Waals surface area contributed by atoms with E-state index in [0.29, 0.717) is 26.4 Å². The molecule has 2 unspecified atom stereocenters. The second kappa shape index (κ2) is 18.2. The molecule has 0 radical (unpaired) electrons. The summed E-state index contributed by atoms with van der Waals surface area (Å²) in [7, 11) is 0. The molecule has 0 aromatic heterocycles. The summed E-state index contributed by atoms with van der Waals surface area (Å²) in [6.07, 6.45) is 21.9. The molecule has 178 valence electrons. The minimum absolute atomic E-state index is 0.0304. The second-order valence-corrected chi connectivity index (χ2v) is 9.19.